The highest BCUT2D eigenvalue weighted by molar-refractivity contribution is 7.99. The Bertz CT molecular complexity index is 261. The second-order valence-corrected chi connectivity index (χ2v) is 5.36. The number of thioether (sulfide) groups is 1. The fourth-order valence-electron chi connectivity index (χ4n) is 1.68. The zero-order chi connectivity index (χ0) is 11.6. The molecule has 0 spiro atoms. The first-order valence-electron chi connectivity index (χ1n) is 6.20. The SMILES string of the molecule is CCCSCC(N)CCCc1ccccc1. The van der Waals surface area contributed by atoms with E-state index in [0.717, 1.165) is 18.6 Å². The standard InChI is InChI=1S/C14H23NS/c1-2-11-16-12-14(15)10-6-9-13-7-4-3-5-8-13/h3-5,7-8,14H,2,6,9-12,15H2,1H3. The van der Waals surface area contributed by atoms with E-state index in [-0.39, 0.29) is 0 Å². The van der Waals surface area contributed by atoms with Gasteiger partial charge >= 0.3 is 0 Å². The van der Waals surface area contributed by atoms with Gasteiger partial charge in [0.15, 0.2) is 0 Å². The van der Waals surface area contributed by atoms with Gasteiger partial charge < -0.3 is 5.73 Å². The fourth-order valence-corrected chi connectivity index (χ4v) is 2.60. The fraction of sp³-hybridized carbons (Fsp3) is 0.571. The maximum Gasteiger partial charge on any atom is 0.0130 e. The molecule has 0 aliphatic carbocycles. The van der Waals surface area contributed by atoms with Crippen molar-refractivity contribution < 1.29 is 0 Å². The molecule has 0 aliphatic heterocycles. The lowest BCUT2D eigenvalue weighted by atomic mass is 10.1. The molecule has 0 radical (unpaired) electrons. The second kappa shape index (κ2) is 8.66. The van der Waals surface area contributed by atoms with Gasteiger partial charge in [0.25, 0.3) is 0 Å². The summed E-state index contributed by atoms with van der Waals surface area (Å²) in [5.41, 5.74) is 7.48. The van der Waals surface area contributed by atoms with Crippen LogP contribution in [-0.4, -0.2) is 17.5 Å². The van der Waals surface area contributed by atoms with Crippen LogP contribution in [0.25, 0.3) is 0 Å². The average Bonchev–Trinajstić information content (AvgIpc) is 2.31. The van der Waals surface area contributed by atoms with Crippen molar-refractivity contribution in [3.63, 3.8) is 0 Å². The summed E-state index contributed by atoms with van der Waals surface area (Å²) in [5.74, 6) is 2.36. The molecule has 0 amide bonds. The molecule has 1 unspecified atom stereocenters. The lowest BCUT2D eigenvalue weighted by Gasteiger charge is -2.10. The molecule has 90 valence electrons. The van der Waals surface area contributed by atoms with Gasteiger partial charge in [0.05, 0.1) is 0 Å². The lowest BCUT2D eigenvalue weighted by Crippen LogP contribution is -2.23. The number of rotatable bonds is 8. The van der Waals surface area contributed by atoms with Gasteiger partial charge in [-0.3, -0.25) is 0 Å². The van der Waals surface area contributed by atoms with E-state index in [4.69, 9.17) is 5.73 Å². The van der Waals surface area contributed by atoms with E-state index in [1.807, 2.05) is 11.8 Å². The highest BCUT2D eigenvalue weighted by Crippen LogP contribution is 2.09. The highest BCUT2D eigenvalue weighted by Gasteiger charge is 2.02. The van der Waals surface area contributed by atoms with Gasteiger partial charge in [-0.15, -0.1) is 0 Å². The van der Waals surface area contributed by atoms with E-state index in [1.54, 1.807) is 0 Å². The molecule has 0 fully saturated rings. The van der Waals surface area contributed by atoms with Crippen LogP contribution in [0.5, 0.6) is 0 Å². The van der Waals surface area contributed by atoms with Crippen LogP contribution < -0.4 is 5.73 Å². The van der Waals surface area contributed by atoms with Crippen LogP contribution in [0.15, 0.2) is 30.3 Å². The van der Waals surface area contributed by atoms with Crippen molar-refractivity contribution in [2.45, 2.75) is 38.6 Å². The predicted molar refractivity (Wildman–Crippen MR) is 75.0 cm³/mol. The molecule has 1 atom stereocenters. The van der Waals surface area contributed by atoms with Crippen molar-refractivity contribution in [2.75, 3.05) is 11.5 Å². The van der Waals surface area contributed by atoms with Gasteiger partial charge in [0.2, 0.25) is 0 Å². The van der Waals surface area contributed by atoms with Crippen LogP contribution in [0, 0.1) is 0 Å². The smallest absolute Gasteiger partial charge is 0.0130 e. The molecule has 2 N–H and O–H groups in total. The first kappa shape index (κ1) is 13.6. The van der Waals surface area contributed by atoms with E-state index in [2.05, 4.69) is 37.3 Å². The Hall–Kier alpha value is -0.470. The Morgan fingerprint density at radius 3 is 2.69 bits per heavy atom. The van der Waals surface area contributed by atoms with Crippen molar-refractivity contribution in [1.82, 2.24) is 0 Å². The van der Waals surface area contributed by atoms with Gasteiger partial charge in [-0.05, 0) is 37.0 Å². The minimum atomic E-state index is 0.375. The maximum atomic E-state index is 6.06. The minimum Gasteiger partial charge on any atom is -0.327 e. The van der Waals surface area contributed by atoms with Crippen LogP contribution in [0.3, 0.4) is 0 Å². The van der Waals surface area contributed by atoms with Gasteiger partial charge in [-0.1, -0.05) is 37.3 Å². The molecule has 1 nitrogen and oxygen atoms in total. The molecule has 2 heteroatoms. The summed E-state index contributed by atoms with van der Waals surface area (Å²) >= 11 is 1.98. The molecule has 0 heterocycles. The van der Waals surface area contributed by atoms with Crippen LogP contribution in [0.1, 0.15) is 31.7 Å². The van der Waals surface area contributed by atoms with Crippen molar-refractivity contribution in [1.29, 1.82) is 0 Å². The summed E-state index contributed by atoms with van der Waals surface area (Å²) < 4.78 is 0. The molecule has 0 saturated heterocycles. The van der Waals surface area contributed by atoms with Gasteiger partial charge in [-0.2, -0.15) is 11.8 Å². The number of benzene rings is 1. The third-order valence-electron chi connectivity index (χ3n) is 2.56. The van der Waals surface area contributed by atoms with E-state index in [9.17, 15) is 0 Å². The Balaban J connectivity index is 2.06. The van der Waals surface area contributed by atoms with Crippen molar-refractivity contribution in [2.24, 2.45) is 5.73 Å². The second-order valence-electron chi connectivity index (χ2n) is 4.21. The largest absolute Gasteiger partial charge is 0.327 e. The molecular formula is C14H23NS. The number of nitrogens with two attached hydrogens (primary N) is 1. The monoisotopic (exact) mass is 237 g/mol. The molecule has 1 aromatic rings. The predicted octanol–water partition coefficient (Wildman–Crippen LogP) is 3.48. The number of hydrogen-bond donors (Lipinski definition) is 1. The van der Waals surface area contributed by atoms with Gasteiger partial charge in [0, 0.05) is 11.8 Å². The molecule has 0 bridgehead atoms. The van der Waals surface area contributed by atoms with E-state index in [0.29, 0.717) is 6.04 Å². The van der Waals surface area contributed by atoms with Crippen LogP contribution >= 0.6 is 11.8 Å². The van der Waals surface area contributed by atoms with E-state index >= 15 is 0 Å². The van der Waals surface area contributed by atoms with Gasteiger partial charge in [-0.25, -0.2) is 0 Å². The summed E-state index contributed by atoms with van der Waals surface area (Å²) in [6.07, 6.45) is 4.76. The third-order valence-corrected chi connectivity index (χ3v) is 3.92. The molecule has 0 aromatic heterocycles. The van der Waals surface area contributed by atoms with Crippen molar-refractivity contribution >= 4 is 11.8 Å². The molecule has 0 saturated carbocycles. The third kappa shape index (κ3) is 6.19. The quantitative estimate of drug-likeness (QED) is 0.701. The minimum absolute atomic E-state index is 0.375. The Kier molecular flexibility index (Phi) is 7.35. The van der Waals surface area contributed by atoms with E-state index in [1.165, 1.54) is 24.2 Å². The summed E-state index contributed by atoms with van der Waals surface area (Å²) in [5, 5.41) is 0. The molecule has 16 heavy (non-hydrogen) atoms. The Labute approximate surface area is 104 Å². The molecule has 0 aliphatic rings. The Morgan fingerprint density at radius 1 is 1.25 bits per heavy atom. The van der Waals surface area contributed by atoms with Gasteiger partial charge in [0.1, 0.15) is 0 Å². The Morgan fingerprint density at radius 2 is 2.00 bits per heavy atom. The summed E-state index contributed by atoms with van der Waals surface area (Å²) in [4.78, 5) is 0. The van der Waals surface area contributed by atoms with Crippen LogP contribution in [-0.2, 0) is 6.42 Å². The normalized spacial score (nSPS) is 12.6. The average molecular weight is 237 g/mol. The number of aryl methyl sites for hydroxylation is 1. The summed E-state index contributed by atoms with van der Waals surface area (Å²) in [6.45, 7) is 2.22. The zero-order valence-electron chi connectivity index (χ0n) is 10.2. The zero-order valence-corrected chi connectivity index (χ0v) is 11.0. The first-order chi connectivity index (χ1) is 7.83. The molecule has 1 aromatic carbocycles. The van der Waals surface area contributed by atoms with Crippen molar-refractivity contribution in [3.05, 3.63) is 35.9 Å². The number of hydrogen-bond acceptors (Lipinski definition) is 2. The highest BCUT2D eigenvalue weighted by atomic mass is 32.2. The topological polar surface area (TPSA) is 26.0 Å². The van der Waals surface area contributed by atoms with E-state index < -0.39 is 0 Å². The molecule has 1 rings (SSSR count). The first-order valence-corrected chi connectivity index (χ1v) is 7.35. The van der Waals surface area contributed by atoms with Crippen molar-refractivity contribution in [3.8, 4) is 0 Å². The summed E-state index contributed by atoms with van der Waals surface area (Å²) in [6, 6.07) is 11.0. The maximum absolute atomic E-state index is 6.06. The summed E-state index contributed by atoms with van der Waals surface area (Å²) in [7, 11) is 0. The molecular weight excluding hydrogens is 214 g/mol. The lowest BCUT2D eigenvalue weighted by molar-refractivity contribution is 0.631. The van der Waals surface area contributed by atoms with Crippen LogP contribution in [0.2, 0.25) is 0 Å². The van der Waals surface area contributed by atoms with Crippen LogP contribution in [0.4, 0.5) is 0 Å².